The molecule has 0 fully saturated rings. The predicted molar refractivity (Wildman–Crippen MR) is 101 cm³/mol. The summed E-state index contributed by atoms with van der Waals surface area (Å²) in [5, 5.41) is 12.5. The summed E-state index contributed by atoms with van der Waals surface area (Å²) in [4.78, 5) is 26.5. The van der Waals surface area contributed by atoms with Gasteiger partial charge in [0, 0.05) is 45.5 Å². The van der Waals surface area contributed by atoms with Crippen molar-refractivity contribution in [3.8, 4) is 0 Å². The fourth-order valence-corrected chi connectivity index (χ4v) is 3.58. The molecule has 1 aliphatic heterocycles. The smallest absolute Gasteiger partial charge is 0.310 e. The molecule has 1 amide bonds. The van der Waals surface area contributed by atoms with Crippen LogP contribution < -0.4 is 5.32 Å². The monoisotopic (exact) mass is 362 g/mol. The summed E-state index contributed by atoms with van der Waals surface area (Å²) < 4.78 is 5.11. The minimum absolute atomic E-state index is 0.00342. The van der Waals surface area contributed by atoms with Gasteiger partial charge in [-0.05, 0) is 36.5 Å². The summed E-state index contributed by atoms with van der Waals surface area (Å²) in [6.07, 6.45) is 1.84. The summed E-state index contributed by atoms with van der Waals surface area (Å²) in [6, 6.07) is 5.92. The molecule has 0 aliphatic carbocycles. The average Bonchev–Trinajstić information content (AvgIpc) is 3.03. The van der Waals surface area contributed by atoms with E-state index in [-0.39, 0.29) is 12.3 Å². The SMILES string of the molecule is CCC(CC)(CC(=O)Nc1cccc2c1CN(CCCOC)C2)C(=O)O. The number of carbonyl (C=O) groups is 2. The van der Waals surface area contributed by atoms with Crippen LogP contribution in [0.1, 0.15) is 50.7 Å². The number of methoxy groups -OCH3 is 1. The molecule has 0 radical (unpaired) electrons. The van der Waals surface area contributed by atoms with Crippen molar-refractivity contribution < 1.29 is 19.4 Å². The normalized spacial score (nSPS) is 14.3. The highest BCUT2D eigenvalue weighted by atomic mass is 16.5. The molecular formula is C20H30N2O4. The highest BCUT2D eigenvalue weighted by molar-refractivity contribution is 5.95. The number of carboxylic acid groups (broad SMARTS) is 1. The Labute approximate surface area is 155 Å². The van der Waals surface area contributed by atoms with Crippen molar-refractivity contribution in [3.63, 3.8) is 0 Å². The molecule has 2 rings (SSSR count). The lowest BCUT2D eigenvalue weighted by atomic mass is 9.79. The van der Waals surface area contributed by atoms with E-state index in [0.717, 1.165) is 43.9 Å². The van der Waals surface area contributed by atoms with E-state index in [1.807, 2.05) is 26.0 Å². The molecule has 0 bridgehead atoms. The zero-order valence-electron chi connectivity index (χ0n) is 16.0. The molecule has 0 saturated heterocycles. The third-order valence-corrected chi connectivity index (χ3v) is 5.45. The van der Waals surface area contributed by atoms with Gasteiger partial charge in [0.15, 0.2) is 0 Å². The van der Waals surface area contributed by atoms with Crippen LogP contribution in [-0.4, -0.2) is 42.1 Å². The third kappa shape index (κ3) is 4.62. The summed E-state index contributed by atoms with van der Waals surface area (Å²) in [7, 11) is 1.70. The highest BCUT2D eigenvalue weighted by Crippen LogP contribution is 2.33. The Morgan fingerprint density at radius 2 is 2.00 bits per heavy atom. The molecule has 1 aliphatic rings. The van der Waals surface area contributed by atoms with Gasteiger partial charge in [0.1, 0.15) is 0 Å². The topological polar surface area (TPSA) is 78.9 Å². The fraction of sp³-hybridized carbons (Fsp3) is 0.600. The lowest BCUT2D eigenvalue weighted by Gasteiger charge is -2.26. The third-order valence-electron chi connectivity index (χ3n) is 5.45. The first kappa shape index (κ1) is 20.4. The van der Waals surface area contributed by atoms with Crippen molar-refractivity contribution in [2.24, 2.45) is 5.41 Å². The zero-order chi connectivity index (χ0) is 19.2. The van der Waals surface area contributed by atoms with E-state index >= 15 is 0 Å². The number of nitrogens with one attached hydrogen (secondary N) is 1. The number of anilines is 1. The van der Waals surface area contributed by atoms with Crippen LogP contribution in [0.4, 0.5) is 5.69 Å². The van der Waals surface area contributed by atoms with Gasteiger partial charge in [-0.3, -0.25) is 14.5 Å². The Balaban J connectivity index is 2.05. The highest BCUT2D eigenvalue weighted by Gasteiger charge is 2.37. The Hall–Kier alpha value is -1.92. The molecule has 0 saturated carbocycles. The van der Waals surface area contributed by atoms with E-state index in [0.29, 0.717) is 12.8 Å². The second-order valence-electron chi connectivity index (χ2n) is 7.02. The molecule has 1 aromatic carbocycles. The van der Waals surface area contributed by atoms with E-state index < -0.39 is 11.4 Å². The van der Waals surface area contributed by atoms with E-state index in [4.69, 9.17) is 4.74 Å². The maximum atomic E-state index is 12.5. The number of amides is 1. The van der Waals surface area contributed by atoms with Crippen molar-refractivity contribution in [2.45, 2.75) is 52.6 Å². The Morgan fingerprint density at radius 3 is 2.62 bits per heavy atom. The average molecular weight is 362 g/mol. The van der Waals surface area contributed by atoms with Crippen LogP contribution in [0.25, 0.3) is 0 Å². The van der Waals surface area contributed by atoms with Gasteiger partial charge in [-0.25, -0.2) is 0 Å². The van der Waals surface area contributed by atoms with Gasteiger partial charge in [0.05, 0.1) is 5.41 Å². The van der Waals surface area contributed by atoms with E-state index in [1.165, 1.54) is 5.56 Å². The van der Waals surface area contributed by atoms with Crippen molar-refractivity contribution in [3.05, 3.63) is 29.3 Å². The molecule has 6 heteroatoms. The van der Waals surface area contributed by atoms with E-state index in [9.17, 15) is 14.7 Å². The Kier molecular flexibility index (Phi) is 7.17. The van der Waals surface area contributed by atoms with Crippen LogP contribution in [0.2, 0.25) is 0 Å². The molecule has 0 atom stereocenters. The second kappa shape index (κ2) is 9.14. The quantitative estimate of drug-likeness (QED) is 0.625. The number of nitrogens with zero attached hydrogens (tertiary/aromatic N) is 1. The first-order chi connectivity index (χ1) is 12.5. The molecule has 6 nitrogen and oxygen atoms in total. The maximum absolute atomic E-state index is 12.5. The molecule has 0 aromatic heterocycles. The largest absolute Gasteiger partial charge is 0.481 e. The van der Waals surface area contributed by atoms with Gasteiger partial charge in [0.2, 0.25) is 5.91 Å². The Morgan fingerprint density at radius 1 is 1.27 bits per heavy atom. The summed E-state index contributed by atoms with van der Waals surface area (Å²) >= 11 is 0. The number of rotatable bonds is 10. The number of hydrogen-bond donors (Lipinski definition) is 2. The van der Waals surface area contributed by atoms with Crippen LogP contribution in [0.15, 0.2) is 18.2 Å². The van der Waals surface area contributed by atoms with Gasteiger partial charge in [-0.2, -0.15) is 0 Å². The van der Waals surface area contributed by atoms with Crippen LogP contribution >= 0.6 is 0 Å². The van der Waals surface area contributed by atoms with E-state index in [2.05, 4.69) is 16.3 Å². The molecule has 144 valence electrons. The first-order valence-electron chi connectivity index (χ1n) is 9.31. The zero-order valence-corrected chi connectivity index (χ0v) is 16.0. The summed E-state index contributed by atoms with van der Waals surface area (Å²) in [6.45, 7) is 6.99. The van der Waals surface area contributed by atoms with Crippen LogP contribution in [0.3, 0.4) is 0 Å². The van der Waals surface area contributed by atoms with Gasteiger partial charge >= 0.3 is 5.97 Å². The lowest BCUT2D eigenvalue weighted by Crippen LogP contribution is -2.34. The van der Waals surface area contributed by atoms with Crippen LogP contribution in [0, 0.1) is 5.41 Å². The molecule has 0 unspecified atom stereocenters. The van der Waals surface area contributed by atoms with Crippen molar-refractivity contribution >= 4 is 17.6 Å². The number of ether oxygens (including phenoxy) is 1. The standard InChI is InChI=1S/C20H30N2O4/c1-4-20(5-2,19(24)25)12-18(23)21-17-9-6-8-15-13-22(14-16(15)17)10-7-11-26-3/h6,8-9H,4-5,7,10-14H2,1-3H3,(H,21,23)(H,24,25). The molecule has 1 aromatic rings. The Bertz CT molecular complexity index is 641. The molecule has 26 heavy (non-hydrogen) atoms. The molecule has 1 heterocycles. The lowest BCUT2D eigenvalue weighted by molar-refractivity contribution is -0.151. The number of benzene rings is 1. The molecule has 0 spiro atoms. The van der Waals surface area contributed by atoms with Gasteiger partial charge in [-0.15, -0.1) is 0 Å². The predicted octanol–water partition coefficient (Wildman–Crippen LogP) is 3.26. The minimum atomic E-state index is -0.992. The van der Waals surface area contributed by atoms with E-state index in [1.54, 1.807) is 7.11 Å². The van der Waals surface area contributed by atoms with Crippen LogP contribution in [0.5, 0.6) is 0 Å². The second-order valence-corrected chi connectivity index (χ2v) is 7.02. The fourth-order valence-electron chi connectivity index (χ4n) is 3.58. The summed E-state index contributed by atoms with van der Waals surface area (Å²) in [5.74, 6) is -1.14. The van der Waals surface area contributed by atoms with Gasteiger partial charge < -0.3 is 15.2 Å². The van der Waals surface area contributed by atoms with Crippen molar-refractivity contribution in [1.82, 2.24) is 4.90 Å². The van der Waals surface area contributed by atoms with Crippen LogP contribution in [-0.2, 0) is 27.4 Å². The molecular weight excluding hydrogens is 332 g/mol. The number of carbonyl (C=O) groups excluding carboxylic acids is 1. The van der Waals surface area contributed by atoms with Crippen molar-refractivity contribution in [2.75, 3.05) is 25.6 Å². The first-order valence-corrected chi connectivity index (χ1v) is 9.31. The van der Waals surface area contributed by atoms with Gasteiger partial charge in [0.25, 0.3) is 0 Å². The summed E-state index contributed by atoms with van der Waals surface area (Å²) in [5.41, 5.74) is 2.16. The maximum Gasteiger partial charge on any atom is 0.310 e. The minimum Gasteiger partial charge on any atom is -0.481 e. The van der Waals surface area contributed by atoms with Crippen molar-refractivity contribution in [1.29, 1.82) is 0 Å². The van der Waals surface area contributed by atoms with Gasteiger partial charge in [-0.1, -0.05) is 26.0 Å². The number of fused-ring (bicyclic) bond motifs is 1. The molecule has 2 N–H and O–H groups in total. The number of carboxylic acids is 1. The number of aliphatic carboxylic acids is 1. The number of hydrogen-bond acceptors (Lipinski definition) is 4.